The van der Waals surface area contributed by atoms with E-state index in [1.165, 1.54) is 0 Å². The second-order valence-electron chi connectivity index (χ2n) is 3.56. The first-order valence-corrected chi connectivity index (χ1v) is 13.7. The molecule has 0 atom stereocenters. The summed E-state index contributed by atoms with van der Waals surface area (Å²) in [4.78, 5) is 0. The molecule has 0 fully saturated rings. The summed E-state index contributed by atoms with van der Waals surface area (Å²) in [5, 5.41) is 3.14. The predicted molar refractivity (Wildman–Crippen MR) is 105 cm³/mol. The SMILES string of the molecule is O=P(OC(CBr)CBr)(OC(CBr)CBr)OC(CBr)CBr. The molecule has 0 N–H and O–H groups in total. The second kappa shape index (κ2) is 13.3. The van der Waals surface area contributed by atoms with Crippen LogP contribution in [0.4, 0.5) is 0 Å². The molecule has 0 bridgehead atoms. The molecule has 0 radical (unpaired) electrons. The molecule has 0 amide bonds. The van der Waals surface area contributed by atoms with Gasteiger partial charge in [-0.15, -0.1) is 0 Å². The zero-order chi connectivity index (χ0) is 15.6. The van der Waals surface area contributed by atoms with Crippen molar-refractivity contribution in [1.29, 1.82) is 0 Å². The van der Waals surface area contributed by atoms with E-state index in [0.29, 0.717) is 32.0 Å². The quantitative estimate of drug-likeness (QED) is 0.196. The summed E-state index contributed by atoms with van der Waals surface area (Å²) < 4.78 is 29.4. The Hall–Kier alpha value is 2.99. The van der Waals surface area contributed by atoms with Crippen LogP contribution in [0, 0.1) is 0 Å². The normalized spacial score (nSPS) is 12.8. The standard InChI is InChI=1S/C9H15Br6O4P/c10-1-7(2-11)17-20(16,18-8(3-12)4-13)19-9(5-14)6-15/h7-9H,1-6H2. The Kier molecular flexibility index (Phi) is 15.3. The van der Waals surface area contributed by atoms with Crippen LogP contribution in [0.2, 0.25) is 0 Å². The lowest BCUT2D eigenvalue weighted by molar-refractivity contribution is 0.0639. The van der Waals surface area contributed by atoms with Crippen molar-refractivity contribution in [3.8, 4) is 0 Å². The highest BCUT2D eigenvalue weighted by molar-refractivity contribution is 9.10. The van der Waals surface area contributed by atoms with E-state index in [4.69, 9.17) is 13.6 Å². The molecule has 0 unspecified atom stereocenters. The minimum absolute atomic E-state index is 0.307. The maximum atomic E-state index is 12.8. The van der Waals surface area contributed by atoms with Gasteiger partial charge in [-0.2, -0.15) is 0 Å². The maximum Gasteiger partial charge on any atom is 0.475 e. The van der Waals surface area contributed by atoms with E-state index in [9.17, 15) is 4.57 Å². The Morgan fingerprint density at radius 2 is 0.800 bits per heavy atom. The molecule has 0 heterocycles. The van der Waals surface area contributed by atoms with Crippen LogP contribution in [0.25, 0.3) is 0 Å². The molecule has 0 aromatic carbocycles. The van der Waals surface area contributed by atoms with Crippen LogP contribution in [-0.2, 0) is 18.1 Å². The summed E-state index contributed by atoms with van der Waals surface area (Å²) in [6.45, 7) is 0. The molecule has 0 aromatic heterocycles. The third kappa shape index (κ3) is 9.33. The van der Waals surface area contributed by atoms with Crippen LogP contribution in [0.15, 0.2) is 0 Å². The van der Waals surface area contributed by atoms with Gasteiger partial charge in [-0.25, -0.2) is 4.57 Å². The summed E-state index contributed by atoms with van der Waals surface area (Å²) in [5.74, 6) is 0. The van der Waals surface area contributed by atoms with Crippen molar-refractivity contribution in [3.05, 3.63) is 0 Å². The summed E-state index contributed by atoms with van der Waals surface area (Å²) in [6.07, 6.45) is -0.921. The van der Waals surface area contributed by atoms with E-state index < -0.39 is 7.82 Å². The number of hydrogen-bond donors (Lipinski definition) is 0. The van der Waals surface area contributed by atoms with Gasteiger partial charge in [0.25, 0.3) is 0 Å². The smallest absolute Gasteiger partial charge is 0.282 e. The molecule has 0 saturated heterocycles. The Balaban J connectivity index is 4.95. The summed E-state index contributed by atoms with van der Waals surface area (Å²) in [7, 11) is -3.67. The topological polar surface area (TPSA) is 44.8 Å². The van der Waals surface area contributed by atoms with Crippen molar-refractivity contribution < 1.29 is 18.1 Å². The molecule has 0 saturated carbocycles. The Morgan fingerprint density at radius 1 is 0.600 bits per heavy atom. The average Bonchev–Trinajstić information content (AvgIpc) is 2.48. The van der Waals surface area contributed by atoms with Crippen LogP contribution in [-0.4, -0.2) is 50.3 Å². The monoisotopic (exact) mass is 692 g/mol. The largest absolute Gasteiger partial charge is 0.475 e. The Morgan fingerprint density at radius 3 is 0.950 bits per heavy atom. The molecule has 0 aliphatic carbocycles. The molecule has 0 spiro atoms. The number of phosphoric ester groups is 1. The first-order chi connectivity index (χ1) is 9.48. The predicted octanol–water partition coefficient (Wildman–Crippen LogP) is 5.62. The van der Waals surface area contributed by atoms with E-state index in [0.717, 1.165) is 0 Å². The lowest BCUT2D eigenvalue weighted by atomic mass is 10.5. The van der Waals surface area contributed by atoms with E-state index in [1.54, 1.807) is 0 Å². The van der Waals surface area contributed by atoms with E-state index in [1.807, 2.05) is 0 Å². The first-order valence-electron chi connectivity index (χ1n) is 5.49. The third-order valence-electron chi connectivity index (χ3n) is 1.87. The van der Waals surface area contributed by atoms with Crippen LogP contribution in [0.1, 0.15) is 0 Å². The van der Waals surface area contributed by atoms with Crippen LogP contribution in [0.3, 0.4) is 0 Å². The summed E-state index contributed by atoms with van der Waals surface area (Å²) in [6, 6.07) is 0. The molecule has 11 heteroatoms. The Labute approximate surface area is 170 Å². The fourth-order valence-corrected chi connectivity index (χ4v) is 7.84. The van der Waals surface area contributed by atoms with Gasteiger partial charge in [-0.1, -0.05) is 95.6 Å². The van der Waals surface area contributed by atoms with Crippen molar-refractivity contribution in [2.24, 2.45) is 0 Å². The Bertz CT molecular complexity index is 243. The van der Waals surface area contributed by atoms with Crippen molar-refractivity contribution in [1.82, 2.24) is 0 Å². The zero-order valence-corrected chi connectivity index (χ0v) is 20.7. The van der Waals surface area contributed by atoms with Gasteiger partial charge in [0.2, 0.25) is 0 Å². The molecule has 4 nitrogen and oxygen atoms in total. The van der Waals surface area contributed by atoms with E-state index in [-0.39, 0.29) is 18.3 Å². The fourth-order valence-electron chi connectivity index (χ4n) is 0.915. The molecule has 0 rings (SSSR count). The van der Waals surface area contributed by atoms with Gasteiger partial charge in [0.05, 0.1) is 18.3 Å². The van der Waals surface area contributed by atoms with Crippen LogP contribution < -0.4 is 0 Å². The van der Waals surface area contributed by atoms with Gasteiger partial charge < -0.3 is 0 Å². The maximum absolute atomic E-state index is 12.8. The summed E-state index contributed by atoms with van der Waals surface area (Å²) in [5.41, 5.74) is 0. The molecular formula is C9H15Br6O4P. The van der Waals surface area contributed by atoms with Crippen LogP contribution in [0.5, 0.6) is 0 Å². The highest BCUT2D eigenvalue weighted by Gasteiger charge is 2.35. The van der Waals surface area contributed by atoms with E-state index in [2.05, 4.69) is 95.6 Å². The van der Waals surface area contributed by atoms with E-state index >= 15 is 0 Å². The minimum Gasteiger partial charge on any atom is -0.282 e. The molecule has 122 valence electrons. The van der Waals surface area contributed by atoms with Gasteiger partial charge in [0, 0.05) is 32.0 Å². The number of hydrogen-bond acceptors (Lipinski definition) is 4. The molecular weight excluding hydrogens is 682 g/mol. The van der Waals surface area contributed by atoms with Gasteiger partial charge in [0.15, 0.2) is 0 Å². The minimum atomic E-state index is -3.67. The van der Waals surface area contributed by atoms with Crippen LogP contribution >= 0.6 is 103 Å². The number of rotatable bonds is 12. The first kappa shape index (κ1) is 23.0. The number of halogens is 6. The molecule has 0 aromatic rings. The van der Waals surface area contributed by atoms with Crippen molar-refractivity contribution in [2.45, 2.75) is 18.3 Å². The third-order valence-corrected chi connectivity index (χ3v) is 7.87. The fraction of sp³-hybridized carbons (Fsp3) is 1.00. The average molecular weight is 698 g/mol. The molecule has 0 aliphatic heterocycles. The van der Waals surface area contributed by atoms with Gasteiger partial charge in [0.1, 0.15) is 0 Å². The highest BCUT2D eigenvalue weighted by Crippen LogP contribution is 2.53. The molecule has 20 heavy (non-hydrogen) atoms. The van der Waals surface area contributed by atoms with Gasteiger partial charge in [-0.3, -0.25) is 13.6 Å². The highest BCUT2D eigenvalue weighted by atomic mass is 79.9. The number of phosphoric acid groups is 1. The molecule has 0 aliphatic rings. The summed E-state index contributed by atoms with van der Waals surface area (Å²) >= 11 is 19.8. The number of alkyl halides is 6. The van der Waals surface area contributed by atoms with Crippen molar-refractivity contribution in [2.75, 3.05) is 32.0 Å². The lowest BCUT2D eigenvalue weighted by Crippen LogP contribution is -2.25. The lowest BCUT2D eigenvalue weighted by Gasteiger charge is -2.27. The van der Waals surface area contributed by atoms with Gasteiger partial charge in [-0.05, 0) is 0 Å². The van der Waals surface area contributed by atoms with Crippen molar-refractivity contribution >= 4 is 103 Å². The van der Waals surface area contributed by atoms with Gasteiger partial charge >= 0.3 is 7.82 Å². The second-order valence-corrected chi connectivity index (χ2v) is 8.97. The zero-order valence-electron chi connectivity index (χ0n) is 10.3. The van der Waals surface area contributed by atoms with Crippen molar-refractivity contribution in [3.63, 3.8) is 0 Å².